The van der Waals surface area contributed by atoms with Gasteiger partial charge in [-0.1, -0.05) is 6.58 Å². The first-order valence-electron chi connectivity index (χ1n) is 2.50. The standard InChI is InChI=1S/C6H9BrO2/c1-4-5(8)9-6(2,3)7/h4H,1H2,2-3H3. The predicted octanol–water partition coefficient (Wildman–Crippen LogP) is 1.85. The van der Waals surface area contributed by atoms with E-state index in [0.717, 1.165) is 6.08 Å². The van der Waals surface area contributed by atoms with E-state index >= 15 is 0 Å². The number of esters is 1. The van der Waals surface area contributed by atoms with Gasteiger partial charge in [0.05, 0.1) is 0 Å². The van der Waals surface area contributed by atoms with Crippen LogP contribution < -0.4 is 0 Å². The van der Waals surface area contributed by atoms with E-state index in [-0.39, 0.29) is 0 Å². The molecule has 0 aliphatic carbocycles. The molecule has 0 aliphatic rings. The fourth-order valence-electron chi connectivity index (χ4n) is 0.281. The van der Waals surface area contributed by atoms with Crippen molar-refractivity contribution in [3.8, 4) is 0 Å². The topological polar surface area (TPSA) is 26.3 Å². The molecule has 0 bridgehead atoms. The van der Waals surface area contributed by atoms with Crippen molar-refractivity contribution < 1.29 is 9.53 Å². The van der Waals surface area contributed by atoms with Crippen molar-refractivity contribution in [2.45, 2.75) is 18.4 Å². The van der Waals surface area contributed by atoms with Crippen LogP contribution in [0.2, 0.25) is 0 Å². The summed E-state index contributed by atoms with van der Waals surface area (Å²) in [7, 11) is 0. The van der Waals surface area contributed by atoms with Gasteiger partial charge < -0.3 is 4.74 Å². The van der Waals surface area contributed by atoms with E-state index in [2.05, 4.69) is 22.5 Å². The summed E-state index contributed by atoms with van der Waals surface area (Å²) in [6.07, 6.45) is 1.13. The van der Waals surface area contributed by atoms with Gasteiger partial charge >= 0.3 is 5.97 Å². The number of rotatable bonds is 2. The largest absolute Gasteiger partial charge is 0.445 e. The van der Waals surface area contributed by atoms with Gasteiger partial charge in [0.25, 0.3) is 0 Å². The Labute approximate surface area is 63.0 Å². The molecule has 0 unspecified atom stereocenters. The second kappa shape index (κ2) is 3.01. The van der Waals surface area contributed by atoms with Gasteiger partial charge in [-0.3, -0.25) is 0 Å². The minimum atomic E-state index is -0.585. The molecule has 0 N–H and O–H groups in total. The molecule has 3 heteroatoms. The zero-order valence-electron chi connectivity index (χ0n) is 5.48. The maximum Gasteiger partial charge on any atom is 0.331 e. The van der Waals surface area contributed by atoms with Crippen molar-refractivity contribution in [2.24, 2.45) is 0 Å². The quantitative estimate of drug-likeness (QED) is 0.380. The number of hydrogen-bond donors (Lipinski definition) is 0. The molecule has 0 atom stereocenters. The van der Waals surface area contributed by atoms with Crippen molar-refractivity contribution in [3.05, 3.63) is 12.7 Å². The highest BCUT2D eigenvalue weighted by Crippen LogP contribution is 2.16. The lowest BCUT2D eigenvalue weighted by atomic mass is 10.5. The van der Waals surface area contributed by atoms with Crippen LogP contribution in [0, 0.1) is 0 Å². The molecule has 0 amide bonds. The molecule has 0 aromatic heterocycles. The fraction of sp³-hybridized carbons (Fsp3) is 0.500. The van der Waals surface area contributed by atoms with Crippen molar-refractivity contribution in [1.82, 2.24) is 0 Å². The van der Waals surface area contributed by atoms with Crippen LogP contribution >= 0.6 is 15.9 Å². The monoisotopic (exact) mass is 192 g/mol. The van der Waals surface area contributed by atoms with Gasteiger partial charge in [-0.05, 0) is 29.8 Å². The molecule has 0 saturated heterocycles. The minimum Gasteiger partial charge on any atom is -0.445 e. The van der Waals surface area contributed by atoms with E-state index in [1.807, 2.05) is 0 Å². The summed E-state index contributed by atoms with van der Waals surface area (Å²) in [4.78, 5) is 10.5. The smallest absolute Gasteiger partial charge is 0.331 e. The second-order valence-electron chi connectivity index (χ2n) is 1.99. The van der Waals surface area contributed by atoms with Gasteiger partial charge in [0.2, 0.25) is 0 Å². The van der Waals surface area contributed by atoms with Crippen LogP contribution in [0.25, 0.3) is 0 Å². The van der Waals surface area contributed by atoms with Crippen molar-refractivity contribution in [3.63, 3.8) is 0 Å². The van der Waals surface area contributed by atoms with Crippen LogP contribution in [0.5, 0.6) is 0 Å². The van der Waals surface area contributed by atoms with E-state index in [1.165, 1.54) is 0 Å². The van der Waals surface area contributed by atoms with Crippen molar-refractivity contribution in [1.29, 1.82) is 0 Å². The van der Waals surface area contributed by atoms with Gasteiger partial charge in [0, 0.05) is 6.08 Å². The van der Waals surface area contributed by atoms with E-state index < -0.39 is 10.5 Å². The maximum absolute atomic E-state index is 10.5. The van der Waals surface area contributed by atoms with Crippen LogP contribution in [0.15, 0.2) is 12.7 Å². The van der Waals surface area contributed by atoms with Crippen LogP contribution in [-0.4, -0.2) is 10.5 Å². The lowest BCUT2D eigenvalue weighted by Crippen LogP contribution is -2.18. The van der Waals surface area contributed by atoms with Gasteiger partial charge in [-0.2, -0.15) is 0 Å². The number of carbonyl (C=O) groups is 1. The Morgan fingerprint density at radius 2 is 2.22 bits per heavy atom. The summed E-state index contributed by atoms with van der Waals surface area (Å²) >= 11 is 3.13. The van der Waals surface area contributed by atoms with E-state index in [0.29, 0.717) is 0 Å². The van der Waals surface area contributed by atoms with Crippen LogP contribution in [0.1, 0.15) is 13.8 Å². The first-order chi connectivity index (χ1) is 3.95. The number of ether oxygens (including phenoxy) is 1. The Kier molecular flexibility index (Phi) is 2.91. The molecule has 52 valence electrons. The Balaban J connectivity index is 3.74. The molecule has 0 aromatic carbocycles. The lowest BCUT2D eigenvalue weighted by Gasteiger charge is -2.15. The van der Waals surface area contributed by atoms with E-state index in [1.54, 1.807) is 13.8 Å². The van der Waals surface area contributed by atoms with Crippen molar-refractivity contribution >= 4 is 21.9 Å². The average molecular weight is 193 g/mol. The third-order valence-corrected chi connectivity index (χ3v) is 0.672. The zero-order chi connectivity index (χ0) is 7.49. The zero-order valence-corrected chi connectivity index (χ0v) is 7.06. The highest BCUT2D eigenvalue weighted by atomic mass is 79.9. The fourth-order valence-corrected chi connectivity index (χ4v) is 0.440. The van der Waals surface area contributed by atoms with Gasteiger partial charge in [0.1, 0.15) is 0 Å². The lowest BCUT2D eigenvalue weighted by molar-refractivity contribution is -0.142. The maximum atomic E-state index is 10.5. The molecule has 0 rings (SSSR count). The second-order valence-corrected chi connectivity index (χ2v) is 3.90. The molecule has 0 fully saturated rings. The molecule has 9 heavy (non-hydrogen) atoms. The molecule has 0 heterocycles. The van der Waals surface area contributed by atoms with Crippen LogP contribution in [-0.2, 0) is 9.53 Å². The number of alkyl halides is 1. The summed E-state index contributed by atoms with van der Waals surface area (Å²) in [5.74, 6) is -0.420. The Hall–Kier alpha value is -0.310. The van der Waals surface area contributed by atoms with Gasteiger partial charge in [0.15, 0.2) is 4.51 Å². The predicted molar refractivity (Wildman–Crippen MR) is 39.3 cm³/mol. The average Bonchev–Trinajstić information content (AvgIpc) is 1.62. The molecule has 0 saturated carbocycles. The van der Waals surface area contributed by atoms with E-state index in [9.17, 15) is 4.79 Å². The third kappa shape index (κ3) is 5.56. The summed E-state index contributed by atoms with van der Waals surface area (Å²) in [6, 6.07) is 0. The number of hydrogen-bond acceptors (Lipinski definition) is 2. The van der Waals surface area contributed by atoms with Crippen molar-refractivity contribution in [2.75, 3.05) is 0 Å². The third-order valence-electron chi connectivity index (χ3n) is 0.510. The van der Waals surface area contributed by atoms with E-state index in [4.69, 9.17) is 4.74 Å². The van der Waals surface area contributed by atoms with Crippen LogP contribution in [0.3, 0.4) is 0 Å². The first kappa shape index (κ1) is 8.69. The molecular weight excluding hydrogens is 184 g/mol. The van der Waals surface area contributed by atoms with Gasteiger partial charge in [-0.15, -0.1) is 0 Å². The minimum absolute atomic E-state index is 0.420. The normalized spacial score (nSPS) is 10.6. The summed E-state index contributed by atoms with van der Waals surface area (Å²) in [5, 5.41) is 0. The molecule has 0 spiro atoms. The molecule has 0 radical (unpaired) electrons. The summed E-state index contributed by atoms with van der Waals surface area (Å²) < 4.78 is 4.16. The molecule has 2 nitrogen and oxygen atoms in total. The highest BCUT2D eigenvalue weighted by molar-refractivity contribution is 9.10. The Morgan fingerprint density at radius 3 is 2.33 bits per heavy atom. The SMILES string of the molecule is C=CC(=O)OC(C)(C)Br. The van der Waals surface area contributed by atoms with Crippen LogP contribution in [0.4, 0.5) is 0 Å². The molecular formula is C6H9BrO2. The summed E-state index contributed by atoms with van der Waals surface area (Å²) in [6.45, 7) is 6.71. The van der Waals surface area contributed by atoms with Gasteiger partial charge in [-0.25, -0.2) is 4.79 Å². The highest BCUT2D eigenvalue weighted by Gasteiger charge is 2.15. The first-order valence-corrected chi connectivity index (χ1v) is 3.29. The Bertz CT molecular complexity index is 124. The molecule has 0 aliphatic heterocycles. The number of carbonyl (C=O) groups excluding carboxylic acids is 1. The molecule has 0 aromatic rings. The Morgan fingerprint density at radius 1 is 1.78 bits per heavy atom. The number of halogens is 1. The summed E-state index contributed by atoms with van der Waals surface area (Å²) in [5.41, 5.74) is 0.